The van der Waals surface area contributed by atoms with Crippen LogP contribution in [0.5, 0.6) is 0 Å². The van der Waals surface area contributed by atoms with E-state index in [-0.39, 0.29) is 35.1 Å². The predicted molar refractivity (Wildman–Crippen MR) is 148 cm³/mol. The largest absolute Gasteiger partial charge is 0.357 e. The summed E-state index contributed by atoms with van der Waals surface area (Å²) in [5, 5.41) is 12.3. The minimum Gasteiger partial charge on any atom is -0.333 e. The summed E-state index contributed by atoms with van der Waals surface area (Å²) in [6, 6.07) is 21.4. The van der Waals surface area contributed by atoms with Crippen molar-refractivity contribution < 1.29 is 31.2 Å². The van der Waals surface area contributed by atoms with Crippen LogP contribution in [0.15, 0.2) is 89.8 Å². The molecule has 210 valence electrons. The second-order valence-electron chi connectivity index (χ2n) is 8.51. The summed E-state index contributed by atoms with van der Waals surface area (Å²) < 4.78 is 64.4. The molecule has 13 heteroatoms. The summed E-state index contributed by atoms with van der Waals surface area (Å²) in [6.07, 6.45) is 0. The molecule has 0 aliphatic carbocycles. The van der Waals surface area contributed by atoms with E-state index in [1.54, 1.807) is 50.2 Å². The van der Waals surface area contributed by atoms with E-state index in [1.807, 2.05) is 0 Å². The van der Waals surface area contributed by atoms with Crippen molar-refractivity contribution in [2.45, 2.75) is 24.5 Å². The van der Waals surface area contributed by atoms with Gasteiger partial charge in [-0.05, 0) is 61.9 Å². The molecule has 1 aromatic heterocycles. The average molecular weight is 587 g/mol. The Labute approximate surface area is 231 Å². The third-order valence-corrected chi connectivity index (χ3v) is 9.04. The van der Waals surface area contributed by atoms with Crippen molar-refractivity contribution in [3.05, 3.63) is 102 Å². The number of hydrogen-bond acceptors (Lipinski definition) is 7. The van der Waals surface area contributed by atoms with Gasteiger partial charge in [0.15, 0.2) is 11.5 Å². The van der Waals surface area contributed by atoms with Gasteiger partial charge in [0.1, 0.15) is 5.82 Å². The summed E-state index contributed by atoms with van der Waals surface area (Å²) in [6.45, 7) is 3.49. The molecule has 4 aromatic rings. The number of aromatic nitrogens is 2. The number of nitrogens with zero attached hydrogens (tertiary/aromatic N) is 2. The first-order chi connectivity index (χ1) is 19.1. The van der Waals surface area contributed by atoms with Crippen LogP contribution in [-0.2, 0) is 23.6 Å². The summed E-state index contributed by atoms with van der Waals surface area (Å²) in [4.78, 5) is 13.5. The first-order valence-electron chi connectivity index (χ1n) is 12.3. The van der Waals surface area contributed by atoms with E-state index in [9.17, 15) is 22.2 Å². The monoisotopic (exact) mass is 586 g/mol. The molecule has 0 spiro atoms. The van der Waals surface area contributed by atoms with Crippen molar-refractivity contribution >= 4 is 23.5 Å². The molecule has 1 amide bonds. The lowest BCUT2D eigenvalue weighted by Crippen LogP contribution is -2.30. The normalized spacial score (nSPS) is 12.7. The smallest absolute Gasteiger partial charge is 0.333 e. The van der Waals surface area contributed by atoms with Crippen LogP contribution in [0.4, 0.5) is 4.39 Å². The molecule has 0 fully saturated rings. The lowest BCUT2D eigenvalue weighted by atomic mass is 10.1. The van der Waals surface area contributed by atoms with Crippen LogP contribution < -0.4 is 10.5 Å². The van der Waals surface area contributed by atoms with Gasteiger partial charge in [-0.25, -0.2) is 22.6 Å². The van der Waals surface area contributed by atoms with Crippen LogP contribution in [0.25, 0.3) is 16.9 Å². The Morgan fingerprint density at radius 3 is 2.17 bits per heavy atom. The number of primary sulfonamides is 1. The predicted octanol–water partition coefficient (Wildman–Crippen LogP) is 5.02. The summed E-state index contributed by atoms with van der Waals surface area (Å²) in [5.74, 6) is -2.43. The summed E-state index contributed by atoms with van der Waals surface area (Å²) >= 11 is 0. The Morgan fingerprint density at radius 2 is 1.60 bits per heavy atom. The van der Waals surface area contributed by atoms with Gasteiger partial charge in [0.05, 0.1) is 29.5 Å². The Kier molecular flexibility index (Phi) is 8.97. The molecule has 0 saturated carbocycles. The highest BCUT2D eigenvalue weighted by molar-refractivity contribution is 7.89. The Balaban J connectivity index is 1.80. The molecule has 40 heavy (non-hydrogen) atoms. The second-order valence-corrected chi connectivity index (χ2v) is 12.2. The van der Waals surface area contributed by atoms with E-state index in [2.05, 4.69) is 10.4 Å². The SMILES string of the molecule is CCOP(=O)(OCC)C(NC(=O)c1cc(-c2ccccc2F)n(-c2ccc(S(N)(=O)=O)cc2)n1)c1ccccc1. The van der Waals surface area contributed by atoms with Gasteiger partial charge in [0, 0.05) is 5.56 Å². The number of carbonyl (C=O) groups excluding carboxylic acids is 1. The number of amides is 1. The number of halogens is 1. The molecular weight excluding hydrogens is 558 g/mol. The van der Waals surface area contributed by atoms with Crippen molar-refractivity contribution in [1.82, 2.24) is 15.1 Å². The lowest BCUT2D eigenvalue weighted by molar-refractivity contribution is 0.0931. The summed E-state index contributed by atoms with van der Waals surface area (Å²) in [7, 11) is -7.82. The van der Waals surface area contributed by atoms with E-state index in [0.717, 1.165) is 0 Å². The Bertz CT molecular complexity index is 1640. The molecule has 1 atom stereocenters. The highest BCUT2D eigenvalue weighted by Crippen LogP contribution is 2.59. The standard InChI is InChI=1S/C27H28FN4O6PS/c1-3-37-39(34,38-4-2)27(19-10-6-5-7-11-19)30-26(33)24-18-25(22-12-8-9-13-23(22)28)32(31-24)20-14-16-21(17-15-20)40(29,35)36/h5-18,27H,3-4H2,1-2H3,(H,30,33)(H2,29,35,36). The quantitative estimate of drug-likeness (QED) is 0.235. The minimum absolute atomic E-state index is 0.0804. The van der Waals surface area contributed by atoms with Gasteiger partial charge in [0.2, 0.25) is 10.0 Å². The molecule has 0 aliphatic rings. The van der Waals surface area contributed by atoms with E-state index in [1.165, 1.54) is 53.2 Å². The first kappa shape index (κ1) is 29.3. The van der Waals surface area contributed by atoms with Crippen molar-refractivity contribution in [3.63, 3.8) is 0 Å². The average Bonchev–Trinajstić information content (AvgIpc) is 3.37. The topological polar surface area (TPSA) is 143 Å². The molecule has 4 rings (SSSR count). The number of rotatable bonds is 11. The Hall–Kier alpha value is -3.67. The fourth-order valence-electron chi connectivity index (χ4n) is 4.05. The van der Waals surface area contributed by atoms with Gasteiger partial charge >= 0.3 is 7.60 Å². The molecule has 1 unspecified atom stereocenters. The van der Waals surface area contributed by atoms with Crippen LogP contribution in [0.1, 0.15) is 35.7 Å². The van der Waals surface area contributed by atoms with Crippen molar-refractivity contribution in [3.8, 4) is 16.9 Å². The van der Waals surface area contributed by atoms with Crippen LogP contribution in [0.3, 0.4) is 0 Å². The maximum Gasteiger partial charge on any atom is 0.357 e. The van der Waals surface area contributed by atoms with Gasteiger partial charge in [-0.2, -0.15) is 5.10 Å². The fraction of sp³-hybridized carbons (Fsp3) is 0.185. The van der Waals surface area contributed by atoms with Gasteiger partial charge in [-0.3, -0.25) is 9.36 Å². The van der Waals surface area contributed by atoms with Gasteiger partial charge in [0.25, 0.3) is 5.91 Å². The zero-order valence-corrected chi connectivity index (χ0v) is 23.4. The third kappa shape index (κ3) is 6.38. The van der Waals surface area contributed by atoms with Crippen molar-refractivity contribution in [2.24, 2.45) is 5.14 Å². The number of hydrogen-bond donors (Lipinski definition) is 2. The van der Waals surface area contributed by atoms with E-state index in [4.69, 9.17) is 14.2 Å². The van der Waals surface area contributed by atoms with Crippen LogP contribution in [0.2, 0.25) is 0 Å². The van der Waals surface area contributed by atoms with Crippen molar-refractivity contribution in [1.29, 1.82) is 0 Å². The minimum atomic E-state index is -3.95. The number of sulfonamides is 1. The maximum absolute atomic E-state index is 14.9. The molecule has 3 N–H and O–H groups in total. The molecule has 1 heterocycles. The maximum atomic E-state index is 14.9. The first-order valence-corrected chi connectivity index (χ1v) is 15.5. The second kappa shape index (κ2) is 12.2. The van der Waals surface area contributed by atoms with Gasteiger partial charge in [-0.15, -0.1) is 0 Å². The van der Waals surface area contributed by atoms with E-state index in [0.29, 0.717) is 11.3 Å². The zero-order chi connectivity index (χ0) is 28.9. The van der Waals surface area contributed by atoms with Gasteiger partial charge in [-0.1, -0.05) is 42.5 Å². The Morgan fingerprint density at radius 1 is 1.00 bits per heavy atom. The lowest BCUT2D eigenvalue weighted by Gasteiger charge is -2.27. The number of benzene rings is 3. The molecule has 0 saturated heterocycles. The summed E-state index contributed by atoms with van der Waals surface area (Å²) in [5.41, 5.74) is 1.10. The van der Waals surface area contributed by atoms with E-state index >= 15 is 0 Å². The number of nitrogens with two attached hydrogens (primary N) is 1. The van der Waals surface area contributed by atoms with Crippen LogP contribution in [-0.4, -0.2) is 37.3 Å². The highest BCUT2D eigenvalue weighted by atomic mass is 32.2. The van der Waals surface area contributed by atoms with Crippen LogP contribution in [0, 0.1) is 5.82 Å². The third-order valence-electron chi connectivity index (χ3n) is 5.82. The zero-order valence-electron chi connectivity index (χ0n) is 21.7. The van der Waals surface area contributed by atoms with Crippen molar-refractivity contribution in [2.75, 3.05) is 13.2 Å². The van der Waals surface area contributed by atoms with Crippen LogP contribution >= 0.6 is 7.60 Å². The fourth-order valence-corrected chi connectivity index (χ4v) is 6.47. The molecule has 10 nitrogen and oxygen atoms in total. The van der Waals surface area contributed by atoms with Gasteiger partial charge < -0.3 is 14.4 Å². The van der Waals surface area contributed by atoms with E-state index < -0.39 is 35.1 Å². The molecular formula is C27H28FN4O6PS. The molecule has 0 bridgehead atoms. The molecule has 0 radical (unpaired) electrons. The molecule has 0 aliphatic heterocycles. The highest BCUT2D eigenvalue weighted by Gasteiger charge is 2.38. The number of nitrogens with one attached hydrogen (secondary N) is 1. The number of carbonyl (C=O) groups is 1. The molecule has 3 aromatic carbocycles.